The van der Waals surface area contributed by atoms with Crippen molar-refractivity contribution in [3.63, 3.8) is 0 Å². The molecule has 128 valence electrons. The molecule has 0 radical (unpaired) electrons. The van der Waals surface area contributed by atoms with E-state index in [1.807, 2.05) is 4.90 Å². The lowest BCUT2D eigenvalue weighted by molar-refractivity contribution is 0.162. The van der Waals surface area contributed by atoms with E-state index in [0.717, 1.165) is 12.1 Å². The first kappa shape index (κ1) is 16.8. The zero-order valence-electron chi connectivity index (χ0n) is 12.8. The standard InChI is InChI=1S/C16H21F2NO3S/c17-12-1-2-15(18)14(7-12)16-8-13(20)10-19(16)9-11-3-5-23(21,22)6-4-11/h1-2,7,11,13,16,20H,3-6,8-10H2/t13-,16+/m1/s1. The molecule has 2 heterocycles. The SMILES string of the molecule is O=S1(=O)CCC(CN2C[C@H](O)C[C@H]2c2cc(F)ccc2F)CC1. The molecule has 2 atom stereocenters. The van der Waals surface area contributed by atoms with Crippen molar-refractivity contribution in [2.24, 2.45) is 5.92 Å². The zero-order chi connectivity index (χ0) is 16.6. The van der Waals surface area contributed by atoms with Gasteiger partial charge in [0.2, 0.25) is 0 Å². The minimum Gasteiger partial charge on any atom is -0.392 e. The van der Waals surface area contributed by atoms with Crippen LogP contribution in [0.2, 0.25) is 0 Å². The maximum Gasteiger partial charge on any atom is 0.150 e. The first-order valence-electron chi connectivity index (χ1n) is 7.91. The molecule has 0 unspecified atom stereocenters. The normalized spacial score (nSPS) is 29.0. The zero-order valence-corrected chi connectivity index (χ0v) is 13.6. The maximum absolute atomic E-state index is 14.0. The topological polar surface area (TPSA) is 57.6 Å². The summed E-state index contributed by atoms with van der Waals surface area (Å²) in [7, 11) is -2.92. The molecule has 23 heavy (non-hydrogen) atoms. The van der Waals surface area contributed by atoms with Crippen LogP contribution in [0.25, 0.3) is 0 Å². The van der Waals surface area contributed by atoms with Gasteiger partial charge in [-0.25, -0.2) is 17.2 Å². The van der Waals surface area contributed by atoms with Gasteiger partial charge >= 0.3 is 0 Å². The van der Waals surface area contributed by atoms with Crippen molar-refractivity contribution in [1.82, 2.24) is 4.90 Å². The summed E-state index contributed by atoms with van der Waals surface area (Å²) < 4.78 is 50.5. The highest BCUT2D eigenvalue weighted by atomic mass is 32.2. The van der Waals surface area contributed by atoms with E-state index in [9.17, 15) is 22.3 Å². The molecule has 1 aromatic rings. The number of aliphatic hydroxyl groups is 1. The third kappa shape index (κ3) is 3.89. The molecule has 2 aliphatic rings. The van der Waals surface area contributed by atoms with E-state index in [0.29, 0.717) is 32.4 Å². The van der Waals surface area contributed by atoms with Crippen LogP contribution < -0.4 is 0 Å². The van der Waals surface area contributed by atoms with Gasteiger partial charge in [0, 0.05) is 24.7 Å². The summed E-state index contributed by atoms with van der Waals surface area (Å²) in [6.07, 6.45) is 0.973. The van der Waals surface area contributed by atoms with E-state index in [-0.39, 0.29) is 29.0 Å². The first-order valence-corrected chi connectivity index (χ1v) is 9.74. The van der Waals surface area contributed by atoms with E-state index in [1.165, 1.54) is 6.07 Å². The number of likely N-dealkylation sites (tertiary alicyclic amines) is 1. The first-order chi connectivity index (χ1) is 10.8. The van der Waals surface area contributed by atoms with Crippen LogP contribution in [0.3, 0.4) is 0 Å². The molecule has 2 fully saturated rings. The number of nitrogens with zero attached hydrogens (tertiary/aromatic N) is 1. The fourth-order valence-electron chi connectivity index (χ4n) is 3.63. The second kappa shape index (κ2) is 6.45. The van der Waals surface area contributed by atoms with Crippen LogP contribution in [0.1, 0.15) is 30.9 Å². The monoisotopic (exact) mass is 345 g/mol. The number of β-amino-alcohol motifs (C(OH)–C–C–N with tert-alkyl or cyclic N) is 1. The smallest absolute Gasteiger partial charge is 0.150 e. The molecule has 0 spiro atoms. The van der Waals surface area contributed by atoms with Crippen molar-refractivity contribution >= 4 is 9.84 Å². The molecule has 0 amide bonds. The molecule has 0 aromatic heterocycles. The summed E-state index contributed by atoms with van der Waals surface area (Å²) in [4.78, 5) is 1.96. The van der Waals surface area contributed by atoms with E-state index >= 15 is 0 Å². The number of halogens is 2. The van der Waals surface area contributed by atoms with Crippen LogP contribution in [-0.2, 0) is 9.84 Å². The Balaban J connectivity index is 1.74. The highest BCUT2D eigenvalue weighted by Gasteiger charge is 2.36. The largest absolute Gasteiger partial charge is 0.392 e. The molecule has 2 saturated heterocycles. The second-order valence-electron chi connectivity index (χ2n) is 6.62. The predicted octanol–water partition coefficient (Wildman–Crippen LogP) is 1.90. The Morgan fingerprint density at radius 2 is 1.91 bits per heavy atom. The number of hydrogen-bond acceptors (Lipinski definition) is 4. The Morgan fingerprint density at radius 3 is 2.61 bits per heavy atom. The third-order valence-corrected chi connectivity index (χ3v) is 6.58. The van der Waals surface area contributed by atoms with Gasteiger partial charge in [-0.2, -0.15) is 0 Å². The van der Waals surface area contributed by atoms with E-state index in [4.69, 9.17) is 0 Å². The number of benzene rings is 1. The molecule has 4 nitrogen and oxygen atoms in total. The Labute approximate surface area is 135 Å². The average Bonchev–Trinajstić information content (AvgIpc) is 2.84. The highest BCUT2D eigenvalue weighted by molar-refractivity contribution is 7.91. The maximum atomic E-state index is 14.0. The molecule has 0 saturated carbocycles. The van der Waals surface area contributed by atoms with Crippen molar-refractivity contribution in [1.29, 1.82) is 0 Å². The summed E-state index contributed by atoms with van der Waals surface area (Å²) in [6.45, 7) is 1.01. The van der Waals surface area contributed by atoms with Gasteiger partial charge in [0.05, 0.1) is 17.6 Å². The number of rotatable bonds is 3. The fourth-order valence-corrected chi connectivity index (χ4v) is 5.22. The summed E-state index contributed by atoms with van der Waals surface area (Å²) in [5.41, 5.74) is 0.269. The lowest BCUT2D eigenvalue weighted by Gasteiger charge is -2.31. The van der Waals surface area contributed by atoms with Crippen molar-refractivity contribution in [2.45, 2.75) is 31.4 Å². The van der Waals surface area contributed by atoms with Crippen molar-refractivity contribution in [2.75, 3.05) is 24.6 Å². The third-order valence-electron chi connectivity index (χ3n) is 4.87. The second-order valence-corrected chi connectivity index (χ2v) is 8.92. The lowest BCUT2D eigenvalue weighted by atomic mass is 9.99. The van der Waals surface area contributed by atoms with E-state index in [1.54, 1.807) is 0 Å². The average molecular weight is 345 g/mol. The van der Waals surface area contributed by atoms with Gasteiger partial charge in [-0.3, -0.25) is 4.90 Å². The molecule has 0 aliphatic carbocycles. The summed E-state index contributed by atoms with van der Waals surface area (Å²) in [5, 5.41) is 9.95. The Morgan fingerprint density at radius 1 is 1.22 bits per heavy atom. The molecule has 2 aliphatic heterocycles. The number of aliphatic hydroxyl groups excluding tert-OH is 1. The summed E-state index contributed by atoms with van der Waals surface area (Å²) in [6, 6.07) is 3.02. The minimum absolute atomic E-state index is 0.188. The van der Waals surface area contributed by atoms with E-state index < -0.39 is 27.6 Å². The molecule has 1 N–H and O–H groups in total. The van der Waals surface area contributed by atoms with Crippen LogP contribution in [0.4, 0.5) is 8.78 Å². The summed E-state index contributed by atoms with van der Waals surface area (Å²) >= 11 is 0. The van der Waals surface area contributed by atoms with Crippen LogP contribution in [0.15, 0.2) is 18.2 Å². The molecular formula is C16H21F2NO3S. The lowest BCUT2D eigenvalue weighted by Crippen LogP contribution is -2.35. The number of hydrogen-bond donors (Lipinski definition) is 1. The molecule has 1 aromatic carbocycles. The molecule has 3 rings (SSSR count). The van der Waals surface area contributed by atoms with Gasteiger partial charge in [-0.05, 0) is 43.4 Å². The Kier molecular flexibility index (Phi) is 4.71. The van der Waals surface area contributed by atoms with Crippen molar-refractivity contribution in [3.05, 3.63) is 35.4 Å². The molecular weight excluding hydrogens is 324 g/mol. The van der Waals surface area contributed by atoms with Gasteiger partial charge in [-0.15, -0.1) is 0 Å². The molecule has 0 bridgehead atoms. The van der Waals surface area contributed by atoms with Crippen molar-refractivity contribution < 1.29 is 22.3 Å². The van der Waals surface area contributed by atoms with Crippen LogP contribution in [0.5, 0.6) is 0 Å². The highest BCUT2D eigenvalue weighted by Crippen LogP contribution is 2.35. The number of sulfone groups is 1. The molecule has 7 heteroatoms. The predicted molar refractivity (Wildman–Crippen MR) is 82.7 cm³/mol. The summed E-state index contributed by atoms with van der Waals surface area (Å²) in [5.74, 6) is -0.378. The Hall–Kier alpha value is -1.05. The minimum atomic E-state index is -2.92. The van der Waals surface area contributed by atoms with Gasteiger partial charge in [0.15, 0.2) is 0 Å². The van der Waals surface area contributed by atoms with Crippen LogP contribution in [0, 0.1) is 17.6 Å². The van der Waals surface area contributed by atoms with Gasteiger partial charge in [0.25, 0.3) is 0 Å². The van der Waals surface area contributed by atoms with Gasteiger partial charge < -0.3 is 5.11 Å². The Bertz CT molecular complexity index is 666. The fraction of sp³-hybridized carbons (Fsp3) is 0.625. The van der Waals surface area contributed by atoms with Crippen LogP contribution in [-0.4, -0.2) is 49.1 Å². The van der Waals surface area contributed by atoms with E-state index in [2.05, 4.69) is 0 Å². The van der Waals surface area contributed by atoms with Crippen LogP contribution >= 0.6 is 0 Å². The quantitative estimate of drug-likeness (QED) is 0.909. The van der Waals surface area contributed by atoms with Gasteiger partial charge in [0.1, 0.15) is 21.5 Å². The van der Waals surface area contributed by atoms with Crippen molar-refractivity contribution in [3.8, 4) is 0 Å². The van der Waals surface area contributed by atoms with Gasteiger partial charge in [-0.1, -0.05) is 0 Å².